The second-order valence-electron chi connectivity index (χ2n) is 8.57. The van der Waals surface area contributed by atoms with E-state index in [0.717, 1.165) is 61.4 Å². The molecule has 0 bridgehead atoms. The normalized spacial score (nSPS) is 15.2. The van der Waals surface area contributed by atoms with Crippen molar-refractivity contribution in [2.45, 2.75) is 0 Å². The molecule has 0 saturated heterocycles. The lowest BCUT2D eigenvalue weighted by molar-refractivity contribution is 0.466. The molecule has 1 atom stereocenters. The second kappa shape index (κ2) is 6.72. The van der Waals surface area contributed by atoms with Crippen molar-refractivity contribution >= 4 is 45.8 Å². The highest BCUT2D eigenvalue weighted by Crippen LogP contribution is 2.53. The smallest absolute Gasteiger partial charge is 0.143 e. The summed E-state index contributed by atoms with van der Waals surface area (Å²) in [6, 6.07) is 35.5. The van der Waals surface area contributed by atoms with E-state index in [-0.39, 0.29) is 0 Å². The van der Waals surface area contributed by atoms with Crippen LogP contribution in [0.25, 0.3) is 33.1 Å². The number of hydrogen-bond donors (Lipinski definition) is 0. The molecule has 3 heterocycles. The van der Waals surface area contributed by atoms with Crippen LogP contribution in [0.2, 0.25) is 0 Å². The van der Waals surface area contributed by atoms with Gasteiger partial charge in [0, 0.05) is 34.9 Å². The summed E-state index contributed by atoms with van der Waals surface area (Å²) in [4.78, 5) is 0. The maximum absolute atomic E-state index is 6.48. The standard InChI is InChI=1S/C30H17O3P/c1-2-10-22-20(7-1)21-9-5-8-19(29(21)33-22)18-15-16-28-26(17-18)32-25-13-6-12-24-30(25)34(28)27-14-4-3-11-23(27)31-24/h1-17H. The molecule has 160 valence electrons. The van der Waals surface area contributed by atoms with Gasteiger partial charge in [0.2, 0.25) is 0 Å². The molecule has 2 aliphatic heterocycles. The molecule has 1 aromatic heterocycles. The van der Waals surface area contributed by atoms with Gasteiger partial charge in [-0.05, 0) is 42.0 Å². The zero-order valence-corrected chi connectivity index (χ0v) is 18.9. The van der Waals surface area contributed by atoms with Crippen LogP contribution >= 0.6 is 7.92 Å². The van der Waals surface area contributed by atoms with E-state index in [1.54, 1.807) is 0 Å². The Hall–Kier alpha value is -4.07. The first-order valence-corrected chi connectivity index (χ1v) is 12.6. The molecule has 6 aromatic rings. The zero-order valence-electron chi connectivity index (χ0n) is 18.0. The van der Waals surface area contributed by atoms with Crippen LogP contribution in [0.1, 0.15) is 0 Å². The molecule has 0 N–H and O–H groups in total. The Morgan fingerprint density at radius 2 is 1.24 bits per heavy atom. The van der Waals surface area contributed by atoms with Crippen LogP contribution in [0.5, 0.6) is 23.0 Å². The molecule has 3 nitrogen and oxygen atoms in total. The predicted molar refractivity (Wildman–Crippen MR) is 138 cm³/mol. The van der Waals surface area contributed by atoms with E-state index in [2.05, 4.69) is 66.7 Å². The molecule has 0 fully saturated rings. The molecule has 1 unspecified atom stereocenters. The molecule has 0 aliphatic carbocycles. The van der Waals surface area contributed by atoms with Crippen molar-refractivity contribution in [1.29, 1.82) is 0 Å². The summed E-state index contributed by atoms with van der Waals surface area (Å²) in [5, 5.41) is 5.87. The molecular formula is C30H17O3P. The highest BCUT2D eigenvalue weighted by Gasteiger charge is 2.36. The van der Waals surface area contributed by atoms with Gasteiger partial charge < -0.3 is 13.9 Å². The molecule has 8 rings (SSSR count). The maximum Gasteiger partial charge on any atom is 0.143 e. The molecule has 0 spiro atoms. The Labute approximate surface area is 196 Å². The minimum absolute atomic E-state index is 0.757. The van der Waals surface area contributed by atoms with Crippen LogP contribution in [-0.4, -0.2) is 0 Å². The number of furan rings is 1. The number of ether oxygens (including phenoxy) is 2. The van der Waals surface area contributed by atoms with Crippen molar-refractivity contribution in [3.05, 3.63) is 103 Å². The third-order valence-corrected chi connectivity index (χ3v) is 9.24. The lowest BCUT2D eigenvalue weighted by Gasteiger charge is -2.34. The van der Waals surface area contributed by atoms with E-state index >= 15 is 0 Å². The van der Waals surface area contributed by atoms with Crippen LogP contribution in [-0.2, 0) is 0 Å². The monoisotopic (exact) mass is 456 g/mol. The number of rotatable bonds is 1. The highest BCUT2D eigenvalue weighted by atomic mass is 31.1. The number of fused-ring (bicyclic) bond motifs is 7. The summed E-state index contributed by atoms with van der Waals surface area (Å²) < 4.78 is 19.0. The average molecular weight is 456 g/mol. The summed E-state index contributed by atoms with van der Waals surface area (Å²) >= 11 is 0. The molecule has 34 heavy (non-hydrogen) atoms. The highest BCUT2D eigenvalue weighted by molar-refractivity contribution is 7.80. The van der Waals surface area contributed by atoms with E-state index in [1.165, 1.54) is 10.6 Å². The lowest BCUT2D eigenvalue weighted by atomic mass is 10.0. The summed E-state index contributed by atoms with van der Waals surface area (Å²) in [5.41, 5.74) is 3.96. The first kappa shape index (κ1) is 18.4. The first-order chi connectivity index (χ1) is 16.8. The zero-order chi connectivity index (χ0) is 22.2. The van der Waals surface area contributed by atoms with Gasteiger partial charge in [0.15, 0.2) is 0 Å². The molecule has 4 heteroatoms. The Balaban J connectivity index is 1.34. The fourth-order valence-corrected chi connectivity index (χ4v) is 7.70. The Morgan fingerprint density at radius 3 is 2.18 bits per heavy atom. The molecular weight excluding hydrogens is 439 g/mol. The fourth-order valence-electron chi connectivity index (χ4n) is 5.15. The van der Waals surface area contributed by atoms with Crippen LogP contribution in [0, 0.1) is 0 Å². The topological polar surface area (TPSA) is 31.6 Å². The van der Waals surface area contributed by atoms with Crippen molar-refractivity contribution in [1.82, 2.24) is 0 Å². The van der Waals surface area contributed by atoms with Crippen LogP contribution < -0.4 is 25.4 Å². The van der Waals surface area contributed by atoms with E-state index in [9.17, 15) is 0 Å². The van der Waals surface area contributed by atoms with E-state index in [0.29, 0.717) is 0 Å². The lowest BCUT2D eigenvalue weighted by Crippen LogP contribution is -2.31. The van der Waals surface area contributed by atoms with E-state index in [4.69, 9.17) is 13.9 Å². The Bertz CT molecular complexity index is 1780. The van der Waals surface area contributed by atoms with Gasteiger partial charge in [0.1, 0.15) is 34.2 Å². The maximum atomic E-state index is 6.48. The molecule has 2 aliphatic rings. The SMILES string of the molecule is c1ccc2c(c1)Oc1cccc3c1P2c1ccc(-c2cccc4c2oc2ccccc24)cc1O3. The molecule has 5 aromatic carbocycles. The second-order valence-corrected chi connectivity index (χ2v) is 10.7. The average Bonchev–Trinajstić information content (AvgIpc) is 3.27. The minimum atomic E-state index is -0.757. The van der Waals surface area contributed by atoms with Crippen LogP contribution in [0.4, 0.5) is 0 Å². The quantitative estimate of drug-likeness (QED) is 0.244. The van der Waals surface area contributed by atoms with Crippen molar-refractivity contribution in [2.75, 3.05) is 0 Å². The van der Waals surface area contributed by atoms with E-state index < -0.39 is 7.92 Å². The van der Waals surface area contributed by atoms with Crippen molar-refractivity contribution < 1.29 is 13.9 Å². The van der Waals surface area contributed by atoms with Crippen molar-refractivity contribution in [3.63, 3.8) is 0 Å². The van der Waals surface area contributed by atoms with Gasteiger partial charge in [-0.3, -0.25) is 0 Å². The summed E-state index contributed by atoms with van der Waals surface area (Å²) in [6.45, 7) is 0. The Kier molecular flexibility index (Phi) is 3.63. The molecule has 0 radical (unpaired) electrons. The fraction of sp³-hybridized carbons (Fsp3) is 0. The van der Waals surface area contributed by atoms with Gasteiger partial charge in [-0.25, -0.2) is 0 Å². The number of hydrogen-bond acceptors (Lipinski definition) is 3. The van der Waals surface area contributed by atoms with Gasteiger partial charge in [-0.1, -0.05) is 66.7 Å². The first-order valence-electron chi connectivity index (χ1n) is 11.3. The molecule has 0 saturated carbocycles. The third-order valence-electron chi connectivity index (χ3n) is 6.65. The van der Waals surface area contributed by atoms with E-state index in [1.807, 2.05) is 36.4 Å². The van der Waals surface area contributed by atoms with Gasteiger partial charge in [-0.15, -0.1) is 0 Å². The summed E-state index contributed by atoms with van der Waals surface area (Å²) in [6.07, 6.45) is 0. The van der Waals surface area contributed by atoms with Crippen LogP contribution in [0.15, 0.2) is 108 Å². The Morgan fingerprint density at radius 1 is 0.529 bits per heavy atom. The van der Waals surface area contributed by atoms with Crippen molar-refractivity contribution in [3.8, 4) is 34.1 Å². The summed E-state index contributed by atoms with van der Waals surface area (Å²) in [7, 11) is -0.757. The molecule has 0 amide bonds. The van der Waals surface area contributed by atoms with Crippen molar-refractivity contribution in [2.24, 2.45) is 0 Å². The minimum Gasteiger partial charge on any atom is -0.456 e. The predicted octanol–water partition coefficient (Wildman–Crippen LogP) is 7.22. The number of para-hydroxylation sites is 3. The van der Waals surface area contributed by atoms with Gasteiger partial charge in [0.05, 0.1) is 5.30 Å². The summed E-state index contributed by atoms with van der Waals surface area (Å²) in [5.74, 6) is 3.61. The van der Waals surface area contributed by atoms with Gasteiger partial charge in [-0.2, -0.15) is 0 Å². The van der Waals surface area contributed by atoms with Crippen LogP contribution in [0.3, 0.4) is 0 Å². The number of benzene rings is 5. The van der Waals surface area contributed by atoms with Gasteiger partial charge >= 0.3 is 0 Å². The largest absolute Gasteiger partial charge is 0.456 e. The van der Waals surface area contributed by atoms with Gasteiger partial charge in [0.25, 0.3) is 0 Å². The third kappa shape index (κ3) is 2.45.